The van der Waals surface area contributed by atoms with Gasteiger partial charge in [0, 0.05) is 31.0 Å². The van der Waals surface area contributed by atoms with Gasteiger partial charge in [0.25, 0.3) is 0 Å². The minimum atomic E-state index is 0.344. The van der Waals surface area contributed by atoms with Gasteiger partial charge < -0.3 is 9.30 Å². The maximum atomic E-state index is 5.82. The number of aromatic nitrogens is 3. The van der Waals surface area contributed by atoms with Crippen LogP contribution in [0.5, 0.6) is 0 Å². The van der Waals surface area contributed by atoms with E-state index in [9.17, 15) is 0 Å². The van der Waals surface area contributed by atoms with Crippen molar-refractivity contribution in [1.82, 2.24) is 14.5 Å². The molecule has 2 unspecified atom stereocenters. The van der Waals surface area contributed by atoms with Gasteiger partial charge >= 0.3 is 0 Å². The van der Waals surface area contributed by atoms with E-state index in [4.69, 9.17) is 9.72 Å². The Balaban J connectivity index is 1.72. The molecule has 5 heteroatoms. The quantitative estimate of drug-likeness (QED) is 0.873. The van der Waals surface area contributed by atoms with E-state index in [1.54, 1.807) is 0 Å². The average Bonchev–Trinajstić information content (AvgIpc) is 3.15. The van der Waals surface area contributed by atoms with Crippen LogP contribution in [-0.4, -0.2) is 38.8 Å². The standard InChI is InChI=1S/C16H21N3OS/c1-6-14-16(17-7-1)19(12-4-3-9-21-11-12)15(18-14)10-13-5-2-8-20-13/h1,6-7,12-13H,2-5,8-11H2. The first-order valence-corrected chi connectivity index (χ1v) is 9.08. The van der Waals surface area contributed by atoms with E-state index < -0.39 is 0 Å². The number of imidazole rings is 1. The molecule has 0 spiro atoms. The zero-order chi connectivity index (χ0) is 14.1. The number of pyridine rings is 1. The molecular formula is C16H21N3OS. The van der Waals surface area contributed by atoms with Crippen LogP contribution >= 0.6 is 11.8 Å². The third kappa shape index (κ3) is 2.69. The molecule has 0 N–H and O–H groups in total. The molecule has 0 aliphatic carbocycles. The monoisotopic (exact) mass is 303 g/mol. The van der Waals surface area contributed by atoms with E-state index >= 15 is 0 Å². The van der Waals surface area contributed by atoms with Crippen LogP contribution in [0.2, 0.25) is 0 Å². The van der Waals surface area contributed by atoms with Gasteiger partial charge in [-0.1, -0.05) is 0 Å². The lowest BCUT2D eigenvalue weighted by Gasteiger charge is -2.25. The first kappa shape index (κ1) is 13.6. The van der Waals surface area contributed by atoms with Crippen LogP contribution < -0.4 is 0 Å². The van der Waals surface area contributed by atoms with Crippen molar-refractivity contribution in [2.24, 2.45) is 0 Å². The molecule has 4 rings (SSSR count). The Morgan fingerprint density at radius 3 is 3.14 bits per heavy atom. The molecule has 2 fully saturated rings. The van der Waals surface area contributed by atoms with Crippen molar-refractivity contribution in [1.29, 1.82) is 0 Å². The lowest BCUT2D eigenvalue weighted by molar-refractivity contribution is 0.109. The van der Waals surface area contributed by atoms with Crippen LogP contribution in [0.1, 0.15) is 37.5 Å². The van der Waals surface area contributed by atoms with E-state index in [0.717, 1.165) is 30.6 Å². The molecule has 2 aliphatic rings. The molecule has 0 amide bonds. The molecule has 0 aromatic carbocycles. The highest BCUT2D eigenvalue weighted by Gasteiger charge is 2.25. The van der Waals surface area contributed by atoms with E-state index in [1.807, 2.05) is 12.3 Å². The highest BCUT2D eigenvalue weighted by atomic mass is 32.2. The Morgan fingerprint density at radius 1 is 1.33 bits per heavy atom. The van der Waals surface area contributed by atoms with Gasteiger partial charge in [-0.25, -0.2) is 9.97 Å². The fourth-order valence-corrected chi connectivity index (χ4v) is 4.57. The molecule has 0 saturated carbocycles. The summed E-state index contributed by atoms with van der Waals surface area (Å²) in [6, 6.07) is 4.60. The Hall–Kier alpha value is -1.07. The van der Waals surface area contributed by atoms with Crippen molar-refractivity contribution in [3.8, 4) is 0 Å². The van der Waals surface area contributed by atoms with Crippen molar-refractivity contribution in [3.63, 3.8) is 0 Å². The molecule has 4 heterocycles. The Morgan fingerprint density at radius 2 is 2.33 bits per heavy atom. The zero-order valence-corrected chi connectivity index (χ0v) is 13.0. The van der Waals surface area contributed by atoms with Crippen LogP contribution in [0.4, 0.5) is 0 Å². The summed E-state index contributed by atoms with van der Waals surface area (Å²) in [5.41, 5.74) is 2.08. The van der Waals surface area contributed by atoms with Gasteiger partial charge in [0.05, 0.1) is 6.10 Å². The van der Waals surface area contributed by atoms with Crippen LogP contribution in [0.15, 0.2) is 18.3 Å². The maximum absolute atomic E-state index is 5.82. The fraction of sp³-hybridized carbons (Fsp3) is 0.625. The second-order valence-corrected chi connectivity index (χ2v) is 7.10. The minimum absolute atomic E-state index is 0.344. The van der Waals surface area contributed by atoms with E-state index in [0.29, 0.717) is 12.1 Å². The summed E-state index contributed by atoms with van der Waals surface area (Å²) in [5.74, 6) is 3.64. The van der Waals surface area contributed by atoms with Crippen LogP contribution in [-0.2, 0) is 11.2 Å². The molecule has 2 saturated heterocycles. The van der Waals surface area contributed by atoms with Crippen molar-refractivity contribution in [2.45, 2.75) is 44.2 Å². The molecule has 0 bridgehead atoms. The van der Waals surface area contributed by atoms with Gasteiger partial charge in [0.1, 0.15) is 11.3 Å². The summed E-state index contributed by atoms with van der Waals surface area (Å²) in [5, 5.41) is 0. The number of hydrogen-bond donors (Lipinski definition) is 0. The normalized spacial score (nSPS) is 26.5. The van der Waals surface area contributed by atoms with Crippen molar-refractivity contribution in [2.75, 3.05) is 18.1 Å². The van der Waals surface area contributed by atoms with Crippen LogP contribution in [0.3, 0.4) is 0 Å². The predicted octanol–water partition coefficient (Wildman–Crippen LogP) is 3.22. The van der Waals surface area contributed by atoms with E-state index in [2.05, 4.69) is 27.4 Å². The lowest BCUT2D eigenvalue weighted by atomic mass is 10.1. The summed E-state index contributed by atoms with van der Waals surface area (Å²) in [4.78, 5) is 9.46. The lowest BCUT2D eigenvalue weighted by Crippen LogP contribution is -2.21. The summed E-state index contributed by atoms with van der Waals surface area (Å²) >= 11 is 2.05. The molecule has 2 atom stereocenters. The molecule has 0 radical (unpaired) electrons. The first-order chi connectivity index (χ1) is 10.4. The van der Waals surface area contributed by atoms with E-state index in [-0.39, 0.29) is 0 Å². The highest BCUT2D eigenvalue weighted by molar-refractivity contribution is 7.99. The third-order valence-corrected chi connectivity index (χ3v) is 5.66. The fourth-order valence-electron chi connectivity index (χ4n) is 3.44. The zero-order valence-electron chi connectivity index (χ0n) is 12.2. The minimum Gasteiger partial charge on any atom is -0.378 e. The predicted molar refractivity (Wildman–Crippen MR) is 85.8 cm³/mol. The molecule has 4 nitrogen and oxygen atoms in total. The third-order valence-electron chi connectivity index (χ3n) is 4.46. The summed E-state index contributed by atoms with van der Waals surface area (Å²) < 4.78 is 8.22. The molecule has 2 aliphatic heterocycles. The van der Waals surface area contributed by atoms with Gasteiger partial charge in [0.2, 0.25) is 0 Å². The number of hydrogen-bond acceptors (Lipinski definition) is 4. The second kappa shape index (κ2) is 5.97. The topological polar surface area (TPSA) is 39.9 Å². The molecule has 21 heavy (non-hydrogen) atoms. The number of thioether (sulfide) groups is 1. The van der Waals surface area contributed by atoms with Gasteiger partial charge in [0.15, 0.2) is 5.65 Å². The first-order valence-electron chi connectivity index (χ1n) is 7.93. The summed E-state index contributed by atoms with van der Waals surface area (Å²) in [6.45, 7) is 0.905. The molecule has 112 valence electrons. The summed E-state index contributed by atoms with van der Waals surface area (Å²) in [7, 11) is 0. The van der Waals surface area contributed by atoms with Gasteiger partial charge in [-0.15, -0.1) is 0 Å². The highest BCUT2D eigenvalue weighted by Crippen LogP contribution is 2.31. The maximum Gasteiger partial charge on any atom is 0.160 e. The summed E-state index contributed by atoms with van der Waals surface area (Å²) in [6.07, 6.45) is 8.04. The smallest absolute Gasteiger partial charge is 0.160 e. The Kier molecular flexibility index (Phi) is 3.86. The average molecular weight is 303 g/mol. The Labute approximate surface area is 129 Å². The number of fused-ring (bicyclic) bond motifs is 1. The van der Waals surface area contributed by atoms with Crippen molar-refractivity contribution < 1.29 is 4.74 Å². The van der Waals surface area contributed by atoms with Crippen LogP contribution in [0, 0.1) is 0 Å². The van der Waals surface area contributed by atoms with Gasteiger partial charge in [-0.3, -0.25) is 0 Å². The van der Waals surface area contributed by atoms with Crippen molar-refractivity contribution >= 4 is 22.9 Å². The molecular weight excluding hydrogens is 282 g/mol. The van der Waals surface area contributed by atoms with E-state index in [1.165, 1.54) is 36.6 Å². The number of ether oxygens (including phenoxy) is 1. The van der Waals surface area contributed by atoms with Crippen molar-refractivity contribution in [3.05, 3.63) is 24.2 Å². The largest absolute Gasteiger partial charge is 0.378 e. The van der Waals surface area contributed by atoms with Crippen LogP contribution in [0.25, 0.3) is 11.2 Å². The number of nitrogens with zero attached hydrogens (tertiary/aromatic N) is 3. The molecule has 2 aromatic rings. The Bertz CT molecular complexity index is 615. The SMILES string of the molecule is c1cnc2c(c1)nc(CC1CCCO1)n2C1CCCSC1. The van der Waals surface area contributed by atoms with Gasteiger partial charge in [-0.05, 0) is 43.6 Å². The number of rotatable bonds is 3. The van der Waals surface area contributed by atoms with Gasteiger partial charge in [-0.2, -0.15) is 11.8 Å². The molecule has 2 aromatic heterocycles. The second-order valence-electron chi connectivity index (χ2n) is 5.95.